The van der Waals surface area contributed by atoms with Gasteiger partial charge in [0.25, 0.3) is 0 Å². The van der Waals surface area contributed by atoms with E-state index in [9.17, 15) is 9.50 Å². The van der Waals surface area contributed by atoms with Crippen molar-refractivity contribution in [1.29, 1.82) is 0 Å². The summed E-state index contributed by atoms with van der Waals surface area (Å²) in [6.07, 6.45) is 0.0979. The van der Waals surface area contributed by atoms with Gasteiger partial charge in [0, 0.05) is 5.54 Å². The molecule has 90 valence electrons. The van der Waals surface area contributed by atoms with E-state index in [1.54, 1.807) is 12.1 Å². The SMILES string of the molecule is CCC(C)(C(O)c1cccc(F)c1)N(C)C. The molecule has 0 fully saturated rings. The molecule has 2 nitrogen and oxygen atoms in total. The minimum atomic E-state index is -0.691. The molecule has 1 aromatic carbocycles. The van der Waals surface area contributed by atoms with Crippen molar-refractivity contribution in [3.63, 3.8) is 0 Å². The number of halogens is 1. The Kier molecular flexibility index (Phi) is 4.05. The number of hydrogen-bond acceptors (Lipinski definition) is 2. The third-order valence-electron chi connectivity index (χ3n) is 3.49. The lowest BCUT2D eigenvalue weighted by atomic mass is 9.86. The molecule has 3 heteroatoms. The molecule has 0 aliphatic heterocycles. The average Bonchev–Trinajstić information content (AvgIpc) is 2.26. The second-order valence-electron chi connectivity index (χ2n) is 4.56. The molecular weight excluding hydrogens is 205 g/mol. The van der Waals surface area contributed by atoms with Crippen LogP contribution in [0.1, 0.15) is 31.9 Å². The van der Waals surface area contributed by atoms with Crippen molar-refractivity contribution in [3.8, 4) is 0 Å². The molecule has 0 aromatic heterocycles. The second kappa shape index (κ2) is 4.93. The predicted octanol–water partition coefficient (Wildman–Crippen LogP) is 2.59. The Morgan fingerprint density at radius 2 is 2.06 bits per heavy atom. The van der Waals surface area contributed by atoms with Crippen LogP contribution in [0.4, 0.5) is 4.39 Å². The van der Waals surface area contributed by atoms with Crippen LogP contribution in [0.15, 0.2) is 24.3 Å². The first-order chi connectivity index (χ1) is 7.41. The summed E-state index contributed by atoms with van der Waals surface area (Å²) in [5.41, 5.74) is 0.242. The summed E-state index contributed by atoms with van der Waals surface area (Å²) in [7, 11) is 3.85. The molecule has 16 heavy (non-hydrogen) atoms. The molecule has 1 N–H and O–H groups in total. The van der Waals surface area contributed by atoms with E-state index in [0.29, 0.717) is 5.56 Å². The predicted molar refractivity (Wildman–Crippen MR) is 63.7 cm³/mol. The van der Waals surface area contributed by atoms with Crippen LogP contribution in [0.5, 0.6) is 0 Å². The van der Waals surface area contributed by atoms with E-state index < -0.39 is 6.10 Å². The quantitative estimate of drug-likeness (QED) is 0.851. The van der Waals surface area contributed by atoms with Gasteiger partial charge in [-0.2, -0.15) is 0 Å². The summed E-state index contributed by atoms with van der Waals surface area (Å²) >= 11 is 0. The molecule has 0 bridgehead atoms. The maximum absolute atomic E-state index is 13.1. The third-order valence-corrected chi connectivity index (χ3v) is 3.49. The standard InChI is InChI=1S/C13H20FNO/c1-5-13(2,15(3)4)12(16)10-7-6-8-11(14)9-10/h6-9,12,16H,5H2,1-4H3. The highest BCUT2D eigenvalue weighted by atomic mass is 19.1. The highest BCUT2D eigenvalue weighted by molar-refractivity contribution is 5.22. The van der Waals surface area contributed by atoms with Gasteiger partial charge in [-0.25, -0.2) is 4.39 Å². The lowest BCUT2D eigenvalue weighted by Gasteiger charge is -2.40. The van der Waals surface area contributed by atoms with Gasteiger partial charge in [-0.05, 0) is 45.1 Å². The number of rotatable bonds is 4. The van der Waals surface area contributed by atoms with Crippen molar-refractivity contribution in [2.75, 3.05) is 14.1 Å². The number of aliphatic hydroxyl groups is 1. The minimum absolute atomic E-state index is 0.311. The van der Waals surface area contributed by atoms with Gasteiger partial charge < -0.3 is 10.0 Å². The highest BCUT2D eigenvalue weighted by Gasteiger charge is 2.34. The summed E-state index contributed by atoms with van der Waals surface area (Å²) < 4.78 is 13.1. The zero-order valence-corrected chi connectivity index (χ0v) is 10.4. The van der Waals surface area contributed by atoms with Gasteiger partial charge in [0.1, 0.15) is 5.82 Å². The molecule has 0 saturated heterocycles. The largest absolute Gasteiger partial charge is 0.386 e. The monoisotopic (exact) mass is 225 g/mol. The molecule has 0 spiro atoms. The fourth-order valence-corrected chi connectivity index (χ4v) is 1.79. The molecular formula is C13H20FNO. The van der Waals surface area contributed by atoms with Gasteiger partial charge in [-0.15, -0.1) is 0 Å². The first-order valence-electron chi connectivity index (χ1n) is 5.52. The molecule has 0 radical (unpaired) electrons. The van der Waals surface area contributed by atoms with E-state index >= 15 is 0 Å². The van der Waals surface area contributed by atoms with Gasteiger partial charge in [0.15, 0.2) is 0 Å². The van der Waals surface area contributed by atoms with Gasteiger partial charge in [0.2, 0.25) is 0 Å². The molecule has 0 aliphatic rings. The van der Waals surface area contributed by atoms with Gasteiger partial charge in [0.05, 0.1) is 6.10 Å². The minimum Gasteiger partial charge on any atom is -0.386 e. The average molecular weight is 225 g/mol. The molecule has 0 heterocycles. The van der Waals surface area contributed by atoms with Crippen LogP contribution in [0.2, 0.25) is 0 Å². The number of hydrogen-bond donors (Lipinski definition) is 1. The van der Waals surface area contributed by atoms with Crippen LogP contribution in [0.25, 0.3) is 0 Å². The van der Waals surface area contributed by atoms with Crippen molar-refractivity contribution in [1.82, 2.24) is 4.90 Å². The van der Waals surface area contributed by atoms with E-state index in [0.717, 1.165) is 6.42 Å². The molecule has 1 rings (SSSR count). The Balaban J connectivity index is 3.04. The second-order valence-corrected chi connectivity index (χ2v) is 4.56. The van der Waals surface area contributed by atoms with Crippen LogP contribution >= 0.6 is 0 Å². The first-order valence-corrected chi connectivity index (χ1v) is 5.52. The molecule has 0 saturated carbocycles. The summed E-state index contributed by atoms with van der Waals surface area (Å²) in [5.74, 6) is -0.311. The Labute approximate surface area is 96.7 Å². The molecule has 2 atom stereocenters. The first kappa shape index (κ1) is 13.1. The van der Waals surface area contributed by atoms with Crippen molar-refractivity contribution >= 4 is 0 Å². The van der Waals surface area contributed by atoms with Gasteiger partial charge in [-0.3, -0.25) is 0 Å². The Bertz CT molecular complexity index is 354. The normalized spacial score (nSPS) is 17.2. The van der Waals surface area contributed by atoms with Gasteiger partial charge in [-0.1, -0.05) is 19.1 Å². The van der Waals surface area contributed by atoms with Crippen molar-refractivity contribution < 1.29 is 9.50 Å². The van der Waals surface area contributed by atoms with E-state index in [2.05, 4.69) is 0 Å². The fraction of sp³-hybridized carbons (Fsp3) is 0.538. The number of nitrogens with zero attached hydrogens (tertiary/aromatic N) is 1. The van der Waals surface area contributed by atoms with Crippen molar-refractivity contribution in [2.45, 2.75) is 31.9 Å². The van der Waals surface area contributed by atoms with E-state index in [4.69, 9.17) is 0 Å². The van der Waals surface area contributed by atoms with Crippen LogP contribution in [-0.4, -0.2) is 29.6 Å². The summed E-state index contributed by atoms with van der Waals surface area (Å²) in [6.45, 7) is 3.99. The maximum atomic E-state index is 13.1. The Morgan fingerprint density at radius 1 is 1.44 bits per heavy atom. The summed E-state index contributed by atoms with van der Waals surface area (Å²) in [5, 5.41) is 10.3. The Hall–Kier alpha value is -0.930. The van der Waals surface area contributed by atoms with Crippen LogP contribution in [0.3, 0.4) is 0 Å². The summed E-state index contributed by atoms with van der Waals surface area (Å²) in [6, 6.07) is 6.15. The maximum Gasteiger partial charge on any atom is 0.123 e. The third kappa shape index (κ3) is 2.42. The lowest BCUT2D eigenvalue weighted by Crippen LogP contribution is -2.46. The molecule has 2 unspecified atom stereocenters. The highest BCUT2D eigenvalue weighted by Crippen LogP contribution is 2.32. The Morgan fingerprint density at radius 3 is 2.50 bits per heavy atom. The van der Waals surface area contributed by atoms with E-state index in [1.165, 1.54) is 12.1 Å². The number of benzene rings is 1. The summed E-state index contributed by atoms with van der Waals surface area (Å²) in [4.78, 5) is 1.97. The smallest absolute Gasteiger partial charge is 0.123 e. The van der Waals surface area contributed by atoms with Crippen LogP contribution in [-0.2, 0) is 0 Å². The zero-order chi connectivity index (χ0) is 12.3. The van der Waals surface area contributed by atoms with E-state index in [1.807, 2.05) is 32.8 Å². The zero-order valence-electron chi connectivity index (χ0n) is 10.4. The van der Waals surface area contributed by atoms with Gasteiger partial charge >= 0.3 is 0 Å². The fourth-order valence-electron chi connectivity index (χ4n) is 1.79. The van der Waals surface area contributed by atoms with Crippen molar-refractivity contribution in [3.05, 3.63) is 35.6 Å². The van der Waals surface area contributed by atoms with Crippen LogP contribution < -0.4 is 0 Å². The molecule has 0 amide bonds. The van der Waals surface area contributed by atoms with E-state index in [-0.39, 0.29) is 11.4 Å². The number of likely N-dealkylation sites (N-methyl/N-ethyl adjacent to an activating group) is 1. The van der Waals surface area contributed by atoms with Crippen molar-refractivity contribution in [2.24, 2.45) is 0 Å². The topological polar surface area (TPSA) is 23.5 Å². The lowest BCUT2D eigenvalue weighted by molar-refractivity contribution is 0.000708. The molecule has 0 aliphatic carbocycles. The van der Waals surface area contributed by atoms with Crippen LogP contribution in [0, 0.1) is 5.82 Å². The molecule has 1 aromatic rings. The number of aliphatic hydroxyl groups excluding tert-OH is 1.